The van der Waals surface area contributed by atoms with Crippen LogP contribution in [-0.2, 0) is 28.6 Å². The molecule has 1 aromatic carbocycles. The molecule has 0 heterocycles. The Kier molecular flexibility index (Phi) is 29.7. The number of alkyl halides is 2. The van der Waals surface area contributed by atoms with Crippen molar-refractivity contribution in [2.45, 2.75) is 353 Å². The van der Waals surface area contributed by atoms with E-state index in [4.69, 9.17) is 42.5 Å². The largest absolute Gasteiger partial charge is 0.507 e. The Balaban J connectivity index is 0.000000168. The Bertz CT molecular complexity index is 3000. The van der Waals surface area contributed by atoms with Gasteiger partial charge in [-0.2, -0.15) is 0 Å². The Labute approximate surface area is 655 Å². The lowest BCUT2D eigenvalue weighted by Gasteiger charge is -2.61. The fourth-order valence-corrected chi connectivity index (χ4v) is 29.3. The number of aliphatic carboxylic acids is 1. The normalized spacial score (nSPS) is 41.1. The van der Waals surface area contributed by atoms with E-state index >= 15 is 0 Å². The molecule has 0 bridgehead atoms. The average molecular weight is 1520 g/mol. The molecule has 12 fully saturated rings. The van der Waals surface area contributed by atoms with E-state index in [0.717, 1.165) is 163 Å². The van der Waals surface area contributed by atoms with Gasteiger partial charge in [-0.25, -0.2) is 9.59 Å². The highest BCUT2D eigenvalue weighted by Crippen LogP contribution is 2.72. The molecule has 0 saturated heterocycles. The smallest absolute Gasteiger partial charge is 0.344 e. The van der Waals surface area contributed by atoms with Gasteiger partial charge in [-0.15, -0.1) is 23.2 Å². The number of halogens is 2. The number of esters is 3. The van der Waals surface area contributed by atoms with Crippen LogP contribution in [0.5, 0.6) is 5.75 Å². The topological polar surface area (TPSA) is 157 Å². The summed E-state index contributed by atoms with van der Waals surface area (Å²) in [5.74, 6) is 15.4. The standard InChI is InChI=1S/C36H54O5.C29H49ClO2.C27H48O.C2H3ClO2/c1-23(2)9-8-10-24(3)29-15-16-30-27-14-13-25-21-26(17-19-35(25,4)31(27)18-20-36(29,30)5)41-33(38)22-40-34(39)28-11-6-7-12-32(28)37;1-19(2)7-6-8-20(3)24-11-12-25-23-10-9-21-17-22(32-27(31)18-30)13-15-28(21,4)26(23)14-16-29(24,25)5;1-18(2)7-6-8-19(3)23-11-12-24-22-10-9-20-17-21(28)13-15-26(20,4)25(22)14-16-27(23,24)5;3-1-2(4)5/h6-7,11-12,23-27,29-31,37H,8-10,13-22H2,1-5H3;19-26H,6-18H2,1-5H3;18-25,28H,6-17H2,1-5H3;1H2,(H,4,5)/t24?,25?,26?,27?,29-,30?,31?,35+,36-;20?,21?,22?,23?,24-,25?,26?,28+,29-;19?,20?,21?,22?,23-,24?,25?,26+,27-;/m111./s1. The van der Waals surface area contributed by atoms with Crippen LogP contribution in [0.1, 0.15) is 345 Å². The zero-order chi connectivity index (χ0) is 76.8. The lowest BCUT2D eigenvalue weighted by molar-refractivity contribution is -0.165. The summed E-state index contributed by atoms with van der Waals surface area (Å²) in [7, 11) is 0. The molecule has 12 heteroatoms. The van der Waals surface area contributed by atoms with Crippen molar-refractivity contribution < 1.29 is 48.7 Å². The van der Waals surface area contributed by atoms with E-state index in [1.165, 1.54) is 198 Å². The molecular formula is C94H154Cl2O10. The molecule has 12 aliphatic carbocycles. The minimum absolute atomic E-state index is 0.00830. The molecule has 604 valence electrons. The summed E-state index contributed by atoms with van der Waals surface area (Å²) < 4.78 is 16.6. The first-order valence-corrected chi connectivity index (χ1v) is 45.7. The molecule has 0 aromatic heterocycles. The first-order valence-electron chi connectivity index (χ1n) is 44.6. The van der Waals surface area contributed by atoms with E-state index in [-0.39, 0.29) is 47.4 Å². The van der Waals surface area contributed by atoms with Crippen molar-refractivity contribution in [3.05, 3.63) is 29.8 Å². The number of phenolic OH excluding ortho intramolecular Hbond substituents is 1. The highest BCUT2D eigenvalue weighted by molar-refractivity contribution is 6.26. The van der Waals surface area contributed by atoms with Gasteiger partial charge in [0.15, 0.2) is 6.61 Å². The summed E-state index contributed by atoms with van der Waals surface area (Å²) in [5.41, 5.74) is 3.10. The molecular weight excluding hydrogens is 1360 g/mol. The number of para-hydroxylation sites is 1. The molecule has 13 rings (SSSR count). The van der Waals surface area contributed by atoms with Crippen molar-refractivity contribution in [1.29, 1.82) is 0 Å². The highest BCUT2D eigenvalue weighted by atomic mass is 35.5. The molecule has 0 amide bonds. The number of carbonyl (C=O) groups is 4. The Hall–Kier alpha value is -2.56. The second-order valence-corrected chi connectivity index (χ2v) is 42.1. The maximum Gasteiger partial charge on any atom is 0.344 e. The third kappa shape index (κ3) is 18.8. The number of hydrogen-bond acceptors (Lipinski definition) is 9. The van der Waals surface area contributed by atoms with Crippen LogP contribution in [0.15, 0.2) is 24.3 Å². The number of aromatic hydroxyl groups is 1. The van der Waals surface area contributed by atoms with Crippen molar-refractivity contribution >= 4 is 47.1 Å². The van der Waals surface area contributed by atoms with Gasteiger partial charge < -0.3 is 29.5 Å². The molecule has 3 N–H and O–H groups in total. The SMILES string of the molecule is CC(C)CCCC(C)[C@H]1CCC2C3CCC4CC(O)CC[C@]4(C)C3CC[C@@]21C.CC(C)CCCC(C)[C@H]1CCC2C3CCC4CC(OC(=O)CCl)CC[C@]4(C)C3CC[C@@]21C.CC(C)CCCC(C)[C@H]1CCC2C3CCC4CC(OC(=O)COC(=O)c5ccccc5O)CC[C@]4(C)C3CC[C@@]21C.O=C(O)CCl. The number of carboxylic acid groups (broad SMARTS) is 1. The number of phenols is 1. The molecule has 106 heavy (non-hydrogen) atoms. The molecule has 18 unspecified atom stereocenters. The number of ether oxygens (including phenoxy) is 3. The number of aliphatic hydroxyl groups is 1. The summed E-state index contributed by atoms with van der Waals surface area (Å²) in [4.78, 5) is 45.8. The fraction of sp³-hybridized carbons (Fsp3) is 0.894. The van der Waals surface area contributed by atoms with Crippen molar-refractivity contribution in [3.8, 4) is 5.75 Å². The maximum atomic E-state index is 12.6. The van der Waals surface area contributed by atoms with Crippen LogP contribution in [-0.4, -0.2) is 75.9 Å². The van der Waals surface area contributed by atoms with Gasteiger partial charge in [0.05, 0.1) is 6.10 Å². The summed E-state index contributed by atoms with van der Waals surface area (Å²) >= 11 is 10.4. The monoisotopic (exact) mass is 1510 g/mol. The number of benzene rings is 1. The molecule has 0 aliphatic heterocycles. The van der Waals surface area contributed by atoms with E-state index in [9.17, 15) is 29.4 Å². The summed E-state index contributed by atoms with van der Waals surface area (Å²) in [6.45, 7) is 37.4. The summed E-state index contributed by atoms with van der Waals surface area (Å²) in [6, 6.07) is 6.19. The van der Waals surface area contributed by atoms with Gasteiger partial charge in [0.25, 0.3) is 0 Å². The van der Waals surface area contributed by atoms with Gasteiger partial charge in [0, 0.05) is 0 Å². The quantitative estimate of drug-likeness (QED) is 0.0580. The van der Waals surface area contributed by atoms with E-state index in [0.29, 0.717) is 38.4 Å². The Morgan fingerprint density at radius 2 is 0.764 bits per heavy atom. The third-order valence-corrected chi connectivity index (χ3v) is 35.2. The molecule has 10 nitrogen and oxygen atoms in total. The van der Waals surface area contributed by atoms with Crippen LogP contribution in [0.4, 0.5) is 0 Å². The number of rotatable bonds is 22. The van der Waals surface area contributed by atoms with Gasteiger partial charge in [-0.3, -0.25) is 9.59 Å². The highest BCUT2D eigenvalue weighted by Gasteiger charge is 2.64. The molecule has 0 radical (unpaired) electrons. The van der Waals surface area contributed by atoms with Gasteiger partial charge in [-0.1, -0.05) is 174 Å². The van der Waals surface area contributed by atoms with Crippen LogP contribution >= 0.6 is 23.2 Å². The van der Waals surface area contributed by atoms with Crippen molar-refractivity contribution in [2.75, 3.05) is 18.4 Å². The van der Waals surface area contributed by atoms with Gasteiger partial charge >= 0.3 is 23.9 Å². The van der Waals surface area contributed by atoms with Gasteiger partial charge in [0.1, 0.15) is 35.3 Å². The van der Waals surface area contributed by atoms with Crippen molar-refractivity contribution in [3.63, 3.8) is 0 Å². The Morgan fingerprint density at radius 3 is 1.12 bits per heavy atom. The molecule has 12 aliphatic rings. The van der Waals surface area contributed by atoms with E-state index in [2.05, 4.69) is 104 Å². The first kappa shape index (κ1) is 85.9. The number of carbonyl (C=O) groups excluding carboxylic acids is 3. The minimum atomic E-state index is -0.980. The van der Waals surface area contributed by atoms with Crippen molar-refractivity contribution in [1.82, 2.24) is 0 Å². The molecule has 27 atom stereocenters. The fourth-order valence-electron chi connectivity index (χ4n) is 29.2. The van der Waals surface area contributed by atoms with Crippen molar-refractivity contribution in [2.24, 2.45) is 157 Å². The van der Waals surface area contributed by atoms with E-state index in [1.807, 2.05) is 0 Å². The lowest BCUT2D eigenvalue weighted by Crippen LogP contribution is -2.54. The predicted molar refractivity (Wildman–Crippen MR) is 432 cm³/mol. The zero-order valence-electron chi connectivity index (χ0n) is 69.7. The number of hydrogen-bond donors (Lipinski definition) is 3. The maximum absolute atomic E-state index is 12.6. The molecule has 0 spiro atoms. The summed E-state index contributed by atoms with van der Waals surface area (Å²) in [5, 5.41) is 27.7. The van der Waals surface area contributed by atoms with Gasteiger partial charge in [-0.05, 0) is 342 Å². The van der Waals surface area contributed by atoms with Crippen LogP contribution in [0.3, 0.4) is 0 Å². The third-order valence-electron chi connectivity index (χ3n) is 34.7. The van der Waals surface area contributed by atoms with E-state index < -0.39 is 24.5 Å². The average Bonchev–Trinajstić information content (AvgIpc) is 0.830. The zero-order valence-corrected chi connectivity index (χ0v) is 71.2. The number of carboxylic acids is 1. The second kappa shape index (κ2) is 36.7. The van der Waals surface area contributed by atoms with Crippen LogP contribution in [0.25, 0.3) is 0 Å². The predicted octanol–water partition coefficient (Wildman–Crippen LogP) is 24.6. The number of fused-ring (bicyclic) bond motifs is 15. The minimum Gasteiger partial charge on any atom is -0.507 e. The second-order valence-electron chi connectivity index (χ2n) is 41.5. The lowest BCUT2D eigenvalue weighted by atomic mass is 9.44. The van der Waals surface area contributed by atoms with E-state index in [1.54, 1.807) is 12.1 Å². The molecule has 1 aromatic rings. The summed E-state index contributed by atoms with van der Waals surface area (Å²) in [6.07, 6.45) is 48.0. The van der Waals surface area contributed by atoms with Crippen LogP contribution in [0.2, 0.25) is 0 Å². The Morgan fingerprint density at radius 1 is 0.425 bits per heavy atom. The van der Waals surface area contributed by atoms with Gasteiger partial charge in [0.2, 0.25) is 0 Å². The van der Waals surface area contributed by atoms with Crippen LogP contribution < -0.4 is 0 Å². The number of aliphatic hydroxyl groups excluding tert-OH is 1. The molecule has 12 saturated carbocycles. The first-order chi connectivity index (χ1) is 50.2. The van der Waals surface area contributed by atoms with Crippen LogP contribution in [0, 0.1) is 157 Å².